The molecule has 0 bridgehead atoms. The van der Waals surface area contributed by atoms with Crippen LogP contribution in [0.5, 0.6) is 0 Å². The average Bonchev–Trinajstić information content (AvgIpc) is 2.56. The average molecular weight is 338 g/mol. The Hall–Kier alpha value is -2.62. The van der Waals surface area contributed by atoms with Crippen LogP contribution >= 0.6 is 0 Å². The Labute approximate surface area is 149 Å². The van der Waals surface area contributed by atoms with Crippen molar-refractivity contribution in [1.82, 2.24) is 0 Å². The van der Waals surface area contributed by atoms with Gasteiger partial charge in [-0.2, -0.15) is 0 Å². The molecule has 2 amide bonds. The number of carbonyl (C=O) groups is 2. The molecule has 0 aliphatic heterocycles. The van der Waals surface area contributed by atoms with Crippen LogP contribution in [0.3, 0.4) is 0 Å². The molecule has 0 aromatic heterocycles. The van der Waals surface area contributed by atoms with Crippen molar-refractivity contribution in [2.75, 3.05) is 10.6 Å². The molecule has 0 atom stereocenters. The molecule has 0 saturated carbocycles. The molecule has 0 spiro atoms. The van der Waals surface area contributed by atoms with Gasteiger partial charge in [0.15, 0.2) is 0 Å². The first kappa shape index (κ1) is 18.7. The fourth-order valence-electron chi connectivity index (χ4n) is 2.69. The van der Waals surface area contributed by atoms with E-state index in [4.69, 9.17) is 0 Å². The molecule has 25 heavy (non-hydrogen) atoms. The van der Waals surface area contributed by atoms with E-state index >= 15 is 0 Å². The van der Waals surface area contributed by atoms with Gasteiger partial charge in [-0.3, -0.25) is 9.59 Å². The van der Waals surface area contributed by atoms with Crippen molar-refractivity contribution in [3.8, 4) is 0 Å². The van der Waals surface area contributed by atoms with Crippen molar-refractivity contribution in [3.05, 3.63) is 59.2 Å². The van der Waals surface area contributed by atoms with E-state index < -0.39 is 11.8 Å². The molecule has 0 aliphatic carbocycles. The highest BCUT2D eigenvalue weighted by Crippen LogP contribution is 2.32. The third kappa shape index (κ3) is 4.69. The molecule has 0 aliphatic rings. The minimum absolute atomic E-state index is 0.245. The highest BCUT2D eigenvalue weighted by Gasteiger charge is 2.20. The van der Waals surface area contributed by atoms with Crippen LogP contribution in [-0.2, 0) is 9.59 Å². The summed E-state index contributed by atoms with van der Waals surface area (Å²) in [4.78, 5) is 24.7. The third-order valence-corrected chi connectivity index (χ3v) is 4.13. The van der Waals surface area contributed by atoms with Crippen molar-refractivity contribution >= 4 is 23.2 Å². The van der Waals surface area contributed by atoms with Gasteiger partial charge in [0, 0.05) is 11.4 Å². The summed E-state index contributed by atoms with van der Waals surface area (Å²) >= 11 is 0. The number of aryl methyl sites for hydroxylation is 1. The summed E-state index contributed by atoms with van der Waals surface area (Å²) in [5.74, 6) is -0.837. The van der Waals surface area contributed by atoms with Gasteiger partial charge >= 0.3 is 11.8 Å². The number of hydrogen-bond acceptors (Lipinski definition) is 2. The zero-order valence-corrected chi connectivity index (χ0v) is 15.5. The van der Waals surface area contributed by atoms with Crippen LogP contribution in [0, 0.1) is 6.92 Å². The lowest BCUT2D eigenvalue weighted by molar-refractivity contribution is -0.133. The van der Waals surface area contributed by atoms with E-state index in [-0.39, 0.29) is 11.8 Å². The topological polar surface area (TPSA) is 58.2 Å². The standard InChI is InChI=1S/C21H26N2O2/c1-13(2)17-7-6-8-18(14(3)4)19(17)23-21(25)20(24)22-16-11-9-15(5)10-12-16/h6-14H,1-5H3,(H,22,24)(H,23,25). The van der Waals surface area contributed by atoms with Gasteiger partial charge in [-0.05, 0) is 42.0 Å². The van der Waals surface area contributed by atoms with Gasteiger partial charge in [0.05, 0.1) is 0 Å². The second-order valence-corrected chi connectivity index (χ2v) is 6.90. The molecule has 4 heteroatoms. The Morgan fingerprint density at radius 2 is 1.24 bits per heavy atom. The summed E-state index contributed by atoms with van der Waals surface area (Å²) in [6.07, 6.45) is 0. The van der Waals surface area contributed by atoms with Gasteiger partial charge in [0.2, 0.25) is 0 Å². The first-order valence-corrected chi connectivity index (χ1v) is 8.61. The smallest absolute Gasteiger partial charge is 0.314 e. The van der Waals surface area contributed by atoms with Crippen LogP contribution in [0.15, 0.2) is 42.5 Å². The Morgan fingerprint density at radius 1 is 0.760 bits per heavy atom. The van der Waals surface area contributed by atoms with Gasteiger partial charge in [-0.15, -0.1) is 0 Å². The Kier molecular flexibility index (Phi) is 5.97. The maximum absolute atomic E-state index is 12.4. The molecule has 132 valence electrons. The van der Waals surface area contributed by atoms with Gasteiger partial charge in [0.1, 0.15) is 0 Å². The summed E-state index contributed by atoms with van der Waals surface area (Å²) in [6.45, 7) is 10.3. The van der Waals surface area contributed by atoms with E-state index in [1.807, 2.05) is 37.3 Å². The van der Waals surface area contributed by atoms with Crippen molar-refractivity contribution < 1.29 is 9.59 Å². The molecular weight excluding hydrogens is 312 g/mol. The minimum Gasteiger partial charge on any atom is -0.318 e. The zero-order chi connectivity index (χ0) is 18.6. The highest BCUT2D eigenvalue weighted by molar-refractivity contribution is 6.43. The monoisotopic (exact) mass is 338 g/mol. The van der Waals surface area contributed by atoms with Crippen molar-refractivity contribution in [2.45, 2.75) is 46.5 Å². The maximum Gasteiger partial charge on any atom is 0.314 e. The van der Waals surface area contributed by atoms with Gasteiger partial charge in [-0.1, -0.05) is 63.6 Å². The van der Waals surface area contributed by atoms with Crippen LogP contribution in [-0.4, -0.2) is 11.8 Å². The lowest BCUT2D eigenvalue weighted by atomic mass is 9.92. The summed E-state index contributed by atoms with van der Waals surface area (Å²) < 4.78 is 0. The molecule has 2 aromatic carbocycles. The molecule has 2 aromatic rings. The van der Waals surface area contributed by atoms with Crippen LogP contribution < -0.4 is 10.6 Å². The number of rotatable bonds is 4. The minimum atomic E-state index is -0.669. The molecule has 2 rings (SSSR count). The van der Waals surface area contributed by atoms with Crippen molar-refractivity contribution in [3.63, 3.8) is 0 Å². The highest BCUT2D eigenvalue weighted by atomic mass is 16.2. The molecule has 0 saturated heterocycles. The van der Waals surface area contributed by atoms with E-state index in [9.17, 15) is 9.59 Å². The number of carbonyl (C=O) groups excluding carboxylic acids is 2. The van der Waals surface area contributed by atoms with Crippen molar-refractivity contribution in [2.24, 2.45) is 0 Å². The molecule has 0 fully saturated rings. The number of nitrogens with one attached hydrogen (secondary N) is 2. The normalized spacial score (nSPS) is 10.8. The van der Waals surface area contributed by atoms with Gasteiger partial charge in [-0.25, -0.2) is 0 Å². The van der Waals surface area contributed by atoms with E-state index in [2.05, 4.69) is 38.3 Å². The van der Waals surface area contributed by atoms with Crippen molar-refractivity contribution in [1.29, 1.82) is 0 Å². The number of anilines is 2. The predicted molar refractivity (Wildman–Crippen MR) is 103 cm³/mol. The maximum atomic E-state index is 12.4. The lowest BCUT2D eigenvalue weighted by Gasteiger charge is -2.20. The molecule has 2 N–H and O–H groups in total. The molecule has 0 radical (unpaired) electrons. The summed E-state index contributed by atoms with van der Waals surface area (Å²) in [5, 5.41) is 5.46. The largest absolute Gasteiger partial charge is 0.318 e. The third-order valence-electron chi connectivity index (χ3n) is 4.13. The second kappa shape index (κ2) is 7.97. The predicted octanol–water partition coefficient (Wildman–Crippen LogP) is 4.82. The summed E-state index contributed by atoms with van der Waals surface area (Å²) in [5.41, 5.74) is 4.50. The summed E-state index contributed by atoms with van der Waals surface area (Å²) in [6, 6.07) is 13.3. The first-order valence-electron chi connectivity index (χ1n) is 8.61. The molecule has 0 heterocycles. The van der Waals surface area contributed by atoms with E-state index in [1.54, 1.807) is 12.1 Å². The van der Waals surface area contributed by atoms with E-state index in [0.717, 1.165) is 22.4 Å². The Bertz CT molecular complexity index is 736. The fourth-order valence-corrected chi connectivity index (χ4v) is 2.69. The number of benzene rings is 2. The first-order chi connectivity index (χ1) is 11.8. The number of amides is 2. The lowest BCUT2D eigenvalue weighted by Crippen LogP contribution is -2.30. The quantitative estimate of drug-likeness (QED) is 0.785. The Balaban J connectivity index is 2.21. The Morgan fingerprint density at radius 3 is 1.72 bits per heavy atom. The SMILES string of the molecule is Cc1ccc(NC(=O)C(=O)Nc2c(C(C)C)cccc2C(C)C)cc1. The van der Waals surface area contributed by atoms with Crippen LogP contribution in [0.25, 0.3) is 0 Å². The summed E-state index contributed by atoms with van der Waals surface area (Å²) in [7, 11) is 0. The van der Waals surface area contributed by atoms with Crippen LogP contribution in [0.2, 0.25) is 0 Å². The number of hydrogen-bond donors (Lipinski definition) is 2. The van der Waals surface area contributed by atoms with E-state index in [1.165, 1.54) is 0 Å². The fraction of sp³-hybridized carbons (Fsp3) is 0.333. The second-order valence-electron chi connectivity index (χ2n) is 6.90. The van der Waals surface area contributed by atoms with Gasteiger partial charge in [0.25, 0.3) is 0 Å². The molecular formula is C21H26N2O2. The molecule has 0 unspecified atom stereocenters. The van der Waals surface area contributed by atoms with E-state index in [0.29, 0.717) is 5.69 Å². The molecule has 4 nitrogen and oxygen atoms in total. The van der Waals surface area contributed by atoms with Gasteiger partial charge < -0.3 is 10.6 Å². The van der Waals surface area contributed by atoms with Crippen LogP contribution in [0.4, 0.5) is 11.4 Å². The van der Waals surface area contributed by atoms with Crippen LogP contribution in [0.1, 0.15) is 56.2 Å². The number of para-hydroxylation sites is 1. The zero-order valence-electron chi connectivity index (χ0n) is 15.5.